The van der Waals surface area contributed by atoms with Crippen LogP contribution in [0.25, 0.3) is 0 Å². The van der Waals surface area contributed by atoms with Crippen LogP contribution in [0.4, 0.5) is 10.8 Å². The Labute approximate surface area is 162 Å². The molecule has 0 unspecified atom stereocenters. The first-order valence-corrected chi connectivity index (χ1v) is 9.49. The number of aromatic nitrogens is 1. The first-order valence-electron chi connectivity index (χ1n) is 8.61. The lowest BCUT2D eigenvalue weighted by atomic mass is 10.1. The Balaban J connectivity index is 1.90. The fourth-order valence-electron chi connectivity index (χ4n) is 2.11. The van der Waals surface area contributed by atoms with Crippen LogP contribution in [0.2, 0.25) is 0 Å². The summed E-state index contributed by atoms with van der Waals surface area (Å²) in [6.45, 7) is 6.51. The molecule has 8 heteroatoms. The molecule has 0 aliphatic heterocycles. The Kier molecular flexibility index (Phi) is 7.32. The van der Waals surface area contributed by atoms with E-state index in [-0.39, 0.29) is 5.69 Å². The maximum atomic E-state index is 12.2. The summed E-state index contributed by atoms with van der Waals surface area (Å²) < 4.78 is 5.18. The fourth-order valence-corrected chi connectivity index (χ4v) is 2.82. The summed E-state index contributed by atoms with van der Waals surface area (Å²) in [7, 11) is 0. The zero-order chi connectivity index (χ0) is 19.8. The molecule has 0 radical (unpaired) electrons. The molecule has 0 aliphatic rings. The Morgan fingerprint density at radius 1 is 1.30 bits per heavy atom. The average molecular weight is 386 g/mol. The summed E-state index contributed by atoms with van der Waals surface area (Å²) in [5.74, 6) is -0.608. The van der Waals surface area contributed by atoms with Gasteiger partial charge < -0.3 is 15.4 Å². The number of hydrogen-bond donors (Lipinski definition) is 2. The lowest BCUT2D eigenvalue weighted by Gasteiger charge is -2.13. The summed E-state index contributed by atoms with van der Waals surface area (Å²) in [5, 5.41) is 17.0. The molecule has 2 rings (SSSR count). The smallest absolute Gasteiger partial charge is 0.358 e. The number of nitrogens with one attached hydrogen (secondary N) is 2. The molecule has 0 saturated carbocycles. The summed E-state index contributed by atoms with van der Waals surface area (Å²) >= 11 is 1.31. The van der Waals surface area contributed by atoms with Gasteiger partial charge in [-0.3, -0.25) is 4.79 Å². The summed E-state index contributed by atoms with van der Waals surface area (Å²) in [5.41, 5.74) is 0.864. The summed E-state index contributed by atoms with van der Waals surface area (Å²) in [6.07, 6.45) is -0.0240. The van der Waals surface area contributed by atoms with E-state index in [9.17, 15) is 9.59 Å². The van der Waals surface area contributed by atoms with E-state index in [1.165, 1.54) is 18.3 Å². The van der Waals surface area contributed by atoms with Crippen molar-refractivity contribution < 1.29 is 14.3 Å². The van der Waals surface area contributed by atoms with Gasteiger partial charge in [0.25, 0.3) is 5.91 Å². The zero-order valence-electron chi connectivity index (χ0n) is 15.5. The molecule has 0 fully saturated rings. The van der Waals surface area contributed by atoms with Crippen molar-refractivity contribution >= 4 is 34.0 Å². The van der Waals surface area contributed by atoms with Gasteiger partial charge in [-0.2, -0.15) is 5.26 Å². The number of hydrogen-bond acceptors (Lipinski definition) is 7. The van der Waals surface area contributed by atoms with Crippen molar-refractivity contribution in [3.05, 3.63) is 40.9 Å². The number of esters is 1. The number of ether oxygens (including phenoxy) is 1. The molecule has 1 aromatic heterocycles. The molecular weight excluding hydrogens is 364 g/mol. The van der Waals surface area contributed by atoms with Crippen LogP contribution >= 0.6 is 11.3 Å². The minimum atomic E-state index is -1.02. The van der Waals surface area contributed by atoms with Crippen molar-refractivity contribution in [3.8, 4) is 6.07 Å². The number of rotatable bonds is 8. The Morgan fingerprint density at radius 2 is 2.04 bits per heavy atom. The monoisotopic (exact) mass is 386 g/mol. The van der Waals surface area contributed by atoms with Crippen molar-refractivity contribution in [1.29, 1.82) is 5.26 Å². The number of amides is 1. The topological polar surface area (TPSA) is 104 Å². The van der Waals surface area contributed by atoms with Gasteiger partial charge in [0.05, 0.1) is 11.3 Å². The Bertz CT molecular complexity index is 841. The van der Waals surface area contributed by atoms with Gasteiger partial charge in [0, 0.05) is 11.9 Å². The van der Waals surface area contributed by atoms with E-state index in [1.54, 1.807) is 29.6 Å². The SMILES string of the molecule is CC(C)CCNc1nc(C(=O)O[C@@H](C)C(=O)Nc2ccccc2C#N)cs1. The third-order valence-electron chi connectivity index (χ3n) is 3.67. The van der Waals surface area contributed by atoms with E-state index in [1.807, 2.05) is 6.07 Å². The third kappa shape index (κ3) is 6.08. The summed E-state index contributed by atoms with van der Waals surface area (Å²) in [4.78, 5) is 28.6. The second-order valence-electron chi connectivity index (χ2n) is 6.34. The van der Waals surface area contributed by atoms with Gasteiger partial charge in [0.15, 0.2) is 16.9 Å². The second-order valence-corrected chi connectivity index (χ2v) is 7.20. The van der Waals surface area contributed by atoms with Crippen molar-refractivity contribution in [2.24, 2.45) is 5.92 Å². The molecule has 27 heavy (non-hydrogen) atoms. The van der Waals surface area contributed by atoms with Crippen LogP contribution in [-0.2, 0) is 9.53 Å². The highest BCUT2D eigenvalue weighted by Gasteiger charge is 2.21. The zero-order valence-corrected chi connectivity index (χ0v) is 16.3. The fraction of sp³-hybridized carbons (Fsp3) is 0.368. The quantitative estimate of drug-likeness (QED) is 0.671. The first kappa shape index (κ1) is 20.4. The highest BCUT2D eigenvalue weighted by molar-refractivity contribution is 7.13. The molecule has 0 bridgehead atoms. The molecule has 7 nitrogen and oxygen atoms in total. The van der Waals surface area contributed by atoms with E-state index in [0.29, 0.717) is 22.3 Å². The van der Waals surface area contributed by atoms with E-state index in [0.717, 1.165) is 13.0 Å². The second kappa shape index (κ2) is 9.69. The highest BCUT2D eigenvalue weighted by atomic mass is 32.1. The maximum Gasteiger partial charge on any atom is 0.358 e. The number of carbonyl (C=O) groups is 2. The molecule has 1 aromatic carbocycles. The van der Waals surface area contributed by atoms with Crippen LogP contribution in [0.3, 0.4) is 0 Å². The molecule has 1 amide bonds. The molecular formula is C19H22N4O3S. The summed E-state index contributed by atoms with van der Waals surface area (Å²) in [6, 6.07) is 8.60. The first-order chi connectivity index (χ1) is 12.9. The minimum Gasteiger partial charge on any atom is -0.448 e. The van der Waals surface area contributed by atoms with Crippen molar-refractivity contribution in [3.63, 3.8) is 0 Å². The van der Waals surface area contributed by atoms with E-state index >= 15 is 0 Å². The lowest BCUT2D eigenvalue weighted by Crippen LogP contribution is -2.30. The highest BCUT2D eigenvalue weighted by Crippen LogP contribution is 2.18. The van der Waals surface area contributed by atoms with Crippen molar-refractivity contribution in [2.45, 2.75) is 33.3 Å². The number of nitriles is 1. The van der Waals surface area contributed by atoms with Gasteiger partial charge in [0.1, 0.15) is 6.07 Å². The molecule has 0 aliphatic carbocycles. The van der Waals surface area contributed by atoms with Gasteiger partial charge in [-0.25, -0.2) is 9.78 Å². The Morgan fingerprint density at radius 3 is 2.74 bits per heavy atom. The predicted molar refractivity (Wildman–Crippen MR) is 105 cm³/mol. The van der Waals surface area contributed by atoms with Crippen LogP contribution in [0.1, 0.15) is 43.2 Å². The number of carbonyl (C=O) groups excluding carboxylic acids is 2. The normalized spacial score (nSPS) is 11.5. The molecule has 1 heterocycles. The number of anilines is 2. The number of para-hydroxylation sites is 1. The molecule has 0 saturated heterocycles. The average Bonchev–Trinajstić information content (AvgIpc) is 3.10. The molecule has 2 N–H and O–H groups in total. The van der Waals surface area contributed by atoms with Crippen LogP contribution in [-0.4, -0.2) is 29.5 Å². The largest absolute Gasteiger partial charge is 0.448 e. The van der Waals surface area contributed by atoms with E-state index < -0.39 is 18.0 Å². The van der Waals surface area contributed by atoms with Crippen LogP contribution in [0, 0.1) is 17.2 Å². The van der Waals surface area contributed by atoms with Gasteiger partial charge >= 0.3 is 5.97 Å². The minimum absolute atomic E-state index is 0.157. The van der Waals surface area contributed by atoms with Gasteiger partial charge in [0.2, 0.25) is 0 Å². The molecule has 1 atom stereocenters. The van der Waals surface area contributed by atoms with Gasteiger partial charge in [-0.05, 0) is 31.4 Å². The standard InChI is InChI=1S/C19H22N4O3S/c1-12(2)8-9-21-19-23-16(11-27-19)18(25)26-13(3)17(24)22-15-7-5-4-6-14(15)10-20/h4-7,11-13H,8-9H2,1-3H3,(H,21,23)(H,22,24)/t13-/m0/s1. The van der Waals surface area contributed by atoms with Crippen molar-refractivity contribution in [1.82, 2.24) is 4.98 Å². The van der Waals surface area contributed by atoms with Crippen LogP contribution < -0.4 is 10.6 Å². The molecule has 142 valence electrons. The van der Waals surface area contributed by atoms with Gasteiger partial charge in [-0.15, -0.1) is 11.3 Å². The number of benzene rings is 1. The van der Waals surface area contributed by atoms with E-state index in [2.05, 4.69) is 29.5 Å². The third-order valence-corrected chi connectivity index (χ3v) is 4.47. The molecule has 2 aromatic rings. The van der Waals surface area contributed by atoms with Crippen LogP contribution in [0.15, 0.2) is 29.6 Å². The lowest BCUT2D eigenvalue weighted by molar-refractivity contribution is -0.123. The Hall–Kier alpha value is -2.92. The maximum absolute atomic E-state index is 12.2. The van der Waals surface area contributed by atoms with Gasteiger partial charge in [-0.1, -0.05) is 26.0 Å². The van der Waals surface area contributed by atoms with E-state index in [4.69, 9.17) is 10.00 Å². The molecule has 0 spiro atoms. The number of nitrogens with zero attached hydrogens (tertiary/aromatic N) is 2. The van der Waals surface area contributed by atoms with Crippen molar-refractivity contribution in [2.75, 3.05) is 17.2 Å². The number of thiazole rings is 1. The predicted octanol–water partition coefficient (Wildman–Crippen LogP) is 3.66. The van der Waals surface area contributed by atoms with Crippen LogP contribution in [0.5, 0.6) is 0 Å².